The summed E-state index contributed by atoms with van der Waals surface area (Å²) < 4.78 is 5.14. The molecule has 1 atom stereocenters. The topological polar surface area (TPSA) is 26.3 Å². The van der Waals surface area contributed by atoms with Gasteiger partial charge in [-0.15, -0.1) is 11.8 Å². The first-order valence-electron chi connectivity index (χ1n) is 7.05. The van der Waals surface area contributed by atoms with Crippen LogP contribution in [0.25, 0.3) is 0 Å². The summed E-state index contributed by atoms with van der Waals surface area (Å²) in [4.78, 5) is 11.2. The van der Waals surface area contributed by atoms with Crippen LogP contribution < -0.4 is 4.74 Å². The van der Waals surface area contributed by atoms with Gasteiger partial charge in [0, 0.05) is 5.75 Å². The molecule has 0 aliphatic rings. The number of hydrogen-bond donors (Lipinski definition) is 0. The Hall–Kier alpha value is -1.74. The number of rotatable bonds is 8. The van der Waals surface area contributed by atoms with E-state index in [4.69, 9.17) is 4.74 Å². The van der Waals surface area contributed by atoms with Crippen LogP contribution in [0.3, 0.4) is 0 Å². The van der Waals surface area contributed by atoms with Crippen LogP contribution in [0, 0.1) is 0 Å². The van der Waals surface area contributed by atoms with Crippen LogP contribution in [0.15, 0.2) is 54.6 Å². The lowest BCUT2D eigenvalue weighted by molar-refractivity contribution is -0.107. The van der Waals surface area contributed by atoms with Gasteiger partial charge >= 0.3 is 0 Å². The first kappa shape index (κ1) is 15.6. The normalized spacial score (nSPS) is 11.9. The predicted molar refractivity (Wildman–Crippen MR) is 88.9 cm³/mol. The molecular weight excluding hydrogens is 280 g/mol. The molecule has 0 spiro atoms. The van der Waals surface area contributed by atoms with Gasteiger partial charge in [0.2, 0.25) is 0 Å². The molecule has 2 aromatic rings. The second-order valence-electron chi connectivity index (χ2n) is 4.86. The van der Waals surface area contributed by atoms with Crippen LogP contribution in [0.5, 0.6) is 5.75 Å². The van der Waals surface area contributed by atoms with Gasteiger partial charge in [-0.3, -0.25) is 0 Å². The van der Waals surface area contributed by atoms with Crippen LogP contribution in [-0.2, 0) is 17.0 Å². The van der Waals surface area contributed by atoms with Crippen LogP contribution in [0.2, 0.25) is 0 Å². The lowest BCUT2D eigenvalue weighted by atomic mass is 10.1. The molecule has 110 valence electrons. The van der Waals surface area contributed by atoms with Crippen molar-refractivity contribution >= 4 is 18.0 Å². The van der Waals surface area contributed by atoms with Gasteiger partial charge in [-0.2, -0.15) is 0 Å². The maximum absolute atomic E-state index is 11.2. The van der Waals surface area contributed by atoms with E-state index >= 15 is 0 Å². The Labute approximate surface area is 130 Å². The summed E-state index contributed by atoms with van der Waals surface area (Å²) in [6.07, 6.45) is 2.89. The monoisotopic (exact) mass is 300 g/mol. The third-order valence-corrected chi connectivity index (χ3v) is 4.61. The number of aldehydes is 1. The fourth-order valence-corrected chi connectivity index (χ4v) is 3.03. The van der Waals surface area contributed by atoms with E-state index < -0.39 is 0 Å². The highest BCUT2D eigenvalue weighted by molar-refractivity contribution is 7.99. The quantitative estimate of drug-likeness (QED) is 0.686. The van der Waals surface area contributed by atoms with Crippen molar-refractivity contribution in [2.45, 2.75) is 23.8 Å². The summed E-state index contributed by atoms with van der Waals surface area (Å²) in [6.45, 7) is 0. The Balaban J connectivity index is 1.80. The summed E-state index contributed by atoms with van der Waals surface area (Å²) in [6, 6.07) is 18.3. The molecule has 0 fully saturated rings. The first-order valence-corrected chi connectivity index (χ1v) is 8.10. The van der Waals surface area contributed by atoms with Gasteiger partial charge < -0.3 is 9.53 Å². The number of thioether (sulfide) groups is 1. The van der Waals surface area contributed by atoms with Gasteiger partial charge in [0.05, 0.1) is 12.4 Å². The zero-order valence-corrected chi connectivity index (χ0v) is 13.0. The van der Waals surface area contributed by atoms with Gasteiger partial charge in [-0.25, -0.2) is 0 Å². The van der Waals surface area contributed by atoms with Gasteiger partial charge in [0.1, 0.15) is 12.0 Å². The minimum atomic E-state index is 0.0484. The molecule has 3 heteroatoms. The fraction of sp³-hybridized carbons (Fsp3) is 0.278. The van der Waals surface area contributed by atoms with E-state index in [1.54, 1.807) is 18.9 Å². The highest BCUT2D eigenvalue weighted by Crippen LogP contribution is 2.22. The lowest BCUT2D eigenvalue weighted by Gasteiger charge is -2.10. The molecule has 1 unspecified atom stereocenters. The number of benzene rings is 2. The first-order chi connectivity index (χ1) is 10.3. The molecule has 2 rings (SSSR count). The molecule has 0 bridgehead atoms. The van der Waals surface area contributed by atoms with E-state index in [1.807, 2.05) is 42.5 Å². The molecule has 0 heterocycles. The third kappa shape index (κ3) is 5.27. The fourth-order valence-electron chi connectivity index (χ4n) is 2.07. The zero-order chi connectivity index (χ0) is 14.9. The summed E-state index contributed by atoms with van der Waals surface area (Å²) in [5.74, 6) is 1.71. The smallest absolute Gasteiger partial charge is 0.132 e. The minimum Gasteiger partial charge on any atom is -0.497 e. The molecule has 0 aromatic heterocycles. The van der Waals surface area contributed by atoms with E-state index in [1.165, 1.54) is 11.1 Å². The largest absolute Gasteiger partial charge is 0.497 e. The summed E-state index contributed by atoms with van der Waals surface area (Å²) >= 11 is 1.70. The van der Waals surface area contributed by atoms with Crippen LogP contribution >= 0.6 is 11.8 Å². The molecule has 0 radical (unpaired) electrons. The van der Waals surface area contributed by atoms with E-state index in [9.17, 15) is 4.79 Å². The van der Waals surface area contributed by atoms with Gasteiger partial charge in [0.15, 0.2) is 0 Å². The highest BCUT2D eigenvalue weighted by atomic mass is 32.2. The number of carbonyl (C=O) groups excluding carboxylic acids is 1. The molecular formula is C18H20O2S. The molecule has 0 amide bonds. The van der Waals surface area contributed by atoms with E-state index in [2.05, 4.69) is 12.1 Å². The van der Waals surface area contributed by atoms with Crippen LogP contribution in [-0.4, -0.2) is 18.6 Å². The number of ether oxygens (including phenoxy) is 1. The molecule has 0 N–H and O–H groups in total. The SMILES string of the molecule is COc1ccc(CSC(C=O)CCc2ccccc2)cc1. The predicted octanol–water partition coefficient (Wildman–Crippen LogP) is 4.13. The van der Waals surface area contributed by atoms with Crippen molar-refractivity contribution in [3.63, 3.8) is 0 Å². The van der Waals surface area contributed by atoms with Crippen LogP contribution in [0.1, 0.15) is 17.5 Å². The number of aryl methyl sites for hydroxylation is 1. The lowest BCUT2D eigenvalue weighted by Crippen LogP contribution is -2.06. The Morgan fingerprint density at radius 3 is 2.38 bits per heavy atom. The molecule has 21 heavy (non-hydrogen) atoms. The Morgan fingerprint density at radius 1 is 1.05 bits per heavy atom. The highest BCUT2D eigenvalue weighted by Gasteiger charge is 2.08. The van der Waals surface area contributed by atoms with Gasteiger partial charge in [-0.1, -0.05) is 42.5 Å². The van der Waals surface area contributed by atoms with E-state index in [0.29, 0.717) is 0 Å². The summed E-state index contributed by atoms with van der Waals surface area (Å²) in [5, 5.41) is 0.0484. The van der Waals surface area contributed by atoms with Gasteiger partial charge in [-0.05, 0) is 36.1 Å². The Bertz CT molecular complexity index is 537. The molecule has 2 nitrogen and oxygen atoms in total. The number of carbonyl (C=O) groups is 1. The van der Waals surface area contributed by atoms with Crippen molar-refractivity contribution in [1.82, 2.24) is 0 Å². The molecule has 2 aromatic carbocycles. The Kier molecular flexibility index (Phi) is 6.35. The number of methoxy groups -OCH3 is 1. The molecule has 0 saturated carbocycles. The summed E-state index contributed by atoms with van der Waals surface area (Å²) in [5.41, 5.74) is 2.50. The van der Waals surface area contributed by atoms with Crippen LogP contribution in [0.4, 0.5) is 0 Å². The standard InChI is InChI=1S/C18H20O2S/c1-20-17-10-7-16(8-11-17)14-21-18(13-19)12-9-15-5-3-2-4-6-15/h2-8,10-11,13,18H,9,12,14H2,1H3. The van der Waals surface area contributed by atoms with Crippen molar-refractivity contribution in [2.75, 3.05) is 7.11 Å². The zero-order valence-electron chi connectivity index (χ0n) is 12.2. The third-order valence-electron chi connectivity index (χ3n) is 3.34. The average molecular weight is 300 g/mol. The minimum absolute atomic E-state index is 0.0484. The van der Waals surface area contributed by atoms with E-state index in [0.717, 1.165) is 30.6 Å². The van der Waals surface area contributed by atoms with E-state index in [-0.39, 0.29) is 5.25 Å². The maximum Gasteiger partial charge on any atom is 0.132 e. The summed E-state index contributed by atoms with van der Waals surface area (Å²) in [7, 11) is 1.66. The maximum atomic E-state index is 11.2. The Morgan fingerprint density at radius 2 is 1.76 bits per heavy atom. The second-order valence-corrected chi connectivity index (χ2v) is 6.09. The van der Waals surface area contributed by atoms with Crippen molar-refractivity contribution in [3.8, 4) is 5.75 Å². The molecule has 0 aliphatic heterocycles. The molecule has 0 aliphatic carbocycles. The molecule has 0 saturated heterocycles. The van der Waals surface area contributed by atoms with Crippen molar-refractivity contribution in [2.24, 2.45) is 0 Å². The van der Waals surface area contributed by atoms with Crippen molar-refractivity contribution < 1.29 is 9.53 Å². The van der Waals surface area contributed by atoms with Gasteiger partial charge in [0.25, 0.3) is 0 Å². The van der Waals surface area contributed by atoms with Crippen molar-refractivity contribution in [1.29, 1.82) is 0 Å². The second kappa shape index (κ2) is 8.53. The average Bonchev–Trinajstić information content (AvgIpc) is 2.56. The van der Waals surface area contributed by atoms with Crippen molar-refractivity contribution in [3.05, 3.63) is 65.7 Å². The number of hydrogen-bond acceptors (Lipinski definition) is 3.